The number of hydrogen-bond acceptors (Lipinski definition) is 2. The molecule has 0 saturated heterocycles. The molecule has 1 heterocycles. The van der Waals surface area contributed by atoms with Gasteiger partial charge < -0.3 is 5.32 Å². The summed E-state index contributed by atoms with van der Waals surface area (Å²) in [4.78, 5) is 12.3. The van der Waals surface area contributed by atoms with E-state index in [9.17, 15) is 13.6 Å². The van der Waals surface area contributed by atoms with Crippen molar-refractivity contribution in [2.24, 2.45) is 7.05 Å². The average Bonchev–Trinajstić information content (AvgIpc) is 2.99. The molecular weight excluding hydrogens is 324 g/mol. The number of carbonyl (C=O) groups is 1. The Hall–Kier alpha value is -3.02. The van der Waals surface area contributed by atoms with Crippen LogP contribution in [-0.2, 0) is 13.5 Å². The average molecular weight is 341 g/mol. The molecule has 128 valence electrons. The third kappa shape index (κ3) is 4.09. The SMILES string of the molecule is Cn1nc(-c2ccc(F)cc2)cc1C(=O)NCCc1ccc(F)cc1. The van der Waals surface area contributed by atoms with E-state index >= 15 is 0 Å². The number of halogens is 2. The molecular formula is C19H17F2N3O. The Kier molecular flexibility index (Phi) is 4.88. The summed E-state index contributed by atoms with van der Waals surface area (Å²) in [6.45, 7) is 0.432. The van der Waals surface area contributed by atoms with Crippen LogP contribution in [0.3, 0.4) is 0 Å². The highest BCUT2D eigenvalue weighted by Crippen LogP contribution is 2.19. The highest BCUT2D eigenvalue weighted by Gasteiger charge is 2.14. The fourth-order valence-electron chi connectivity index (χ4n) is 2.50. The Morgan fingerprint density at radius 3 is 2.28 bits per heavy atom. The molecule has 0 spiro atoms. The zero-order valence-electron chi connectivity index (χ0n) is 13.7. The number of amides is 1. The molecule has 0 saturated carbocycles. The van der Waals surface area contributed by atoms with Gasteiger partial charge in [-0.3, -0.25) is 9.48 Å². The Bertz CT molecular complexity index is 871. The maximum Gasteiger partial charge on any atom is 0.269 e. The molecule has 3 aromatic rings. The molecule has 1 aromatic heterocycles. The summed E-state index contributed by atoms with van der Waals surface area (Å²) in [5.41, 5.74) is 2.70. The number of nitrogens with zero attached hydrogens (tertiary/aromatic N) is 2. The fourth-order valence-corrected chi connectivity index (χ4v) is 2.50. The van der Waals surface area contributed by atoms with Gasteiger partial charge >= 0.3 is 0 Å². The van der Waals surface area contributed by atoms with Gasteiger partial charge in [-0.15, -0.1) is 0 Å². The van der Waals surface area contributed by atoms with Crippen LogP contribution in [0, 0.1) is 11.6 Å². The van der Waals surface area contributed by atoms with Gasteiger partial charge in [0.1, 0.15) is 17.3 Å². The summed E-state index contributed by atoms with van der Waals surface area (Å²) < 4.78 is 27.4. The van der Waals surface area contributed by atoms with Crippen LogP contribution in [0.2, 0.25) is 0 Å². The van der Waals surface area contributed by atoms with E-state index in [0.29, 0.717) is 24.4 Å². The van der Waals surface area contributed by atoms with Crippen LogP contribution in [-0.4, -0.2) is 22.2 Å². The second-order valence-electron chi connectivity index (χ2n) is 5.68. The van der Waals surface area contributed by atoms with Crippen molar-refractivity contribution in [1.29, 1.82) is 0 Å². The van der Waals surface area contributed by atoms with Crippen LogP contribution >= 0.6 is 0 Å². The minimum absolute atomic E-state index is 0.245. The topological polar surface area (TPSA) is 46.9 Å². The standard InChI is InChI=1S/C19H17F2N3O/c1-24-18(12-17(23-24)14-4-8-16(21)9-5-14)19(25)22-11-10-13-2-6-15(20)7-3-13/h2-9,12H,10-11H2,1H3,(H,22,25). The molecule has 1 N–H and O–H groups in total. The quantitative estimate of drug-likeness (QED) is 0.774. The van der Waals surface area contributed by atoms with Crippen molar-refractivity contribution in [3.8, 4) is 11.3 Å². The van der Waals surface area contributed by atoms with Gasteiger partial charge in [-0.2, -0.15) is 5.10 Å². The summed E-state index contributed by atoms with van der Waals surface area (Å²) in [6.07, 6.45) is 0.606. The summed E-state index contributed by atoms with van der Waals surface area (Å²) in [6, 6.07) is 13.8. The molecule has 0 radical (unpaired) electrons. The largest absolute Gasteiger partial charge is 0.350 e. The third-order valence-corrected chi connectivity index (χ3v) is 3.86. The number of rotatable bonds is 5. The van der Waals surface area contributed by atoms with Crippen molar-refractivity contribution < 1.29 is 13.6 Å². The summed E-state index contributed by atoms with van der Waals surface area (Å²) >= 11 is 0. The van der Waals surface area contributed by atoms with Crippen LogP contribution in [0.4, 0.5) is 8.78 Å². The molecule has 6 heteroatoms. The molecule has 2 aromatic carbocycles. The van der Waals surface area contributed by atoms with Gasteiger partial charge in [-0.1, -0.05) is 12.1 Å². The zero-order chi connectivity index (χ0) is 17.8. The Balaban J connectivity index is 1.64. The number of benzene rings is 2. The minimum atomic E-state index is -0.321. The maximum absolute atomic E-state index is 13.0. The lowest BCUT2D eigenvalue weighted by molar-refractivity contribution is 0.0944. The van der Waals surface area contributed by atoms with E-state index < -0.39 is 0 Å². The fraction of sp³-hybridized carbons (Fsp3) is 0.158. The highest BCUT2D eigenvalue weighted by atomic mass is 19.1. The number of carbonyl (C=O) groups excluding carboxylic acids is 1. The van der Waals surface area contributed by atoms with Crippen molar-refractivity contribution >= 4 is 5.91 Å². The van der Waals surface area contributed by atoms with Crippen molar-refractivity contribution in [3.63, 3.8) is 0 Å². The molecule has 0 fully saturated rings. The number of aryl methyl sites for hydroxylation is 1. The molecule has 0 bridgehead atoms. The molecule has 0 unspecified atom stereocenters. The van der Waals surface area contributed by atoms with Crippen molar-refractivity contribution in [2.75, 3.05) is 6.54 Å². The molecule has 0 aliphatic carbocycles. The Morgan fingerprint density at radius 2 is 1.64 bits per heavy atom. The van der Waals surface area contributed by atoms with Crippen molar-refractivity contribution in [3.05, 3.63) is 77.5 Å². The second kappa shape index (κ2) is 7.25. The maximum atomic E-state index is 13.0. The highest BCUT2D eigenvalue weighted by molar-refractivity contribution is 5.93. The number of nitrogens with one attached hydrogen (secondary N) is 1. The molecule has 1 amide bonds. The van der Waals surface area contributed by atoms with Gasteiger partial charge in [-0.05, 0) is 54.4 Å². The van der Waals surface area contributed by atoms with Gasteiger partial charge in [0, 0.05) is 19.2 Å². The Morgan fingerprint density at radius 1 is 1.04 bits per heavy atom. The normalized spacial score (nSPS) is 10.7. The lowest BCUT2D eigenvalue weighted by Crippen LogP contribution is -2.27. The third-order valence-electron chi connectivity index (χ3n) is 3.86. The first kappa shape index (κ1) is 16.8. The molecule has 0 aliphatic rings. The minimum Gasteiger partial charge on any atom is -0.350 e. The van der Waals surface area contributed by atoms with E-state index in [-0.39, 0.29) is 17.5 Å². The lowest BCUT2D eigenvalue weighted by Gasteiger charge is -2.05. The predicted molar refractivity (Wildman–Crippen MR) is 91.0 cm³/mol. The predicted octanol–water partition coefficient (Wildman–Crippen LogP) is 3.34. The van der Waals surface area contributed by atoms with E-state index in [1.807, 2.05) is 0 Å². The number of hydrogen-bond donors (Lipinski definition) is 1. The van der Waals surface area contributed by atoms with E-state index in [1.54, 1.807) is 37.4 Å². The first-order valence-corrected chi connectivity index (χ1v) is 7.85. The summed E-state index contributed by atoms with van der Waals surface area (Å²) in [5.74, 6) is -0.847. The van der Waals surface area contributed by atoms with Crippen LogP contribution in [0.5, 0.6) is 0 Å². The van der Waals surface area contributed by atoms with Gasteiger partial charge in [-0.25, -0.2) is 8.78 Å². The van der Waals surface area contributed by atoms with E-state index in [1.165, 1.54) is 28.9 Å². The van der Waals surface area contributed by atoms with Gasteiger partial charge in [0.05, 0.1) is 5.69 Å². The van der Waals surface area contributed by atoms with Crippen LogP contribution in [0.15, 0.2) is 54.6 Å². The van der Waals surface area contributed by atoms with Gasteiger partial charge in [0.2, 0.25) is 0 Å². The van der Waals surface area contributed by atoms with E-state index in [0.717, 1.165) is 11.1 Å². The van der Waals surface area contributed by atoms with Crippen LogP contribution < -0.4 is 5.32 Å². The van der Waals surface area contributed by atoms with Gasteiger partial charge in [0.15, 0.2) is 0 Å². The van der Waals surface area contributed by atoms with E-state index in [2.05, 4.69) is 10.4 Å². The monoisotopic (exact) mass is 341 g/mol. The van der Waals surface area contributed by atoms with Crippen LogP contribution in [0.25, 0.3) is 11.3 Å². The smallest absolute Gasteiger partial charge is 0.269 e. The molecule has 0 atom stereocenters. The molecule has 3 rings (SSSR count). The lowest BCUT2D eigenvalue weighted by atomic mass is 10.1. The second-order valence-corrected chi connectivity index (χ2v) is 5.68. The Labute approximate surface area is 144 Å². The first-order chi connectivity index (χ1) is 12.0. The molecule has 0 aliphatic heterocycles. The number of aromatic nitrogens is 2. The van der Waals surface area contributed by atoms with Gasteiger partial charge in [0.25, 0.3) is 5.91 Å². The first-order valence-electron chi connectivity index (χ1n) is 7.85. The molecule has 4 nitrogen and oxygen atoms in total. The van der Waals surface area contributed by atoms with Crippen LogP contribution in [0.1, 0.15) is 16.1 Å². The summed E-state index contributed by atoms with van der Waals surface area (Å²) in [7, 11) is 1.68. The summed E-state index contributed by atoms with van der Waals surface area (Å²) in [5, 5.41) is 7.12. The van der Waals surface area contributed by atoms with Crippen molar-refractivity contribution in [2.45, 2.75) is 6.42 Å². The zero-order valence-corrected chi connectivity index (χ0v) is 13.7. The van der Waals surface area contributed by atoms with Crippen molar-refractivity contribution in [1.82, 2.24) is 15.1 Å². The molecule has 25 heavy (non-hydrogen) atoms. The van der Waals surface area contributed by atoms with E-state index in [4.69, 9.17) is 0 Å².